The molecule has 5 nitrogen and oxygen atoms in total. The van der Waals surface area contributed by atoms with Crippen molar-refractivity contribution in [1.29, 1.82) is 0 Å². The third-order valence-corrected chi connectivity index (χ3v) is 2.22. The Balaban J connectivity index is 3.41. The first-order valence-corrected chi connectivity index (χ1v) is 5.22. The zero-order valence-corrected chi connectivity index (χ0v) is 10.4. The van der Waals surface area contributed by atoms with E-state index in [1.54, 1.807) is 0 Å². The summed E-state index contributed by atoms with van der Waals surface area (Å²) in [5.74, 6) is 0.190. The molecular weight excluding hydrogens is 240 g/mol. The average molecular weight is 253 g/mol. The number of allylic oxidation sites excluding steroid dienone is 2. The number of carbonyl (C=O) groups is 1. The summed E-state index contributed by atoms with van der Waals surface area (Å²) in [6, 6.07) is 1.84. The number of aromatic nitrogens is 2. The highest BCUT2D eigenvalue weighted by Gasteiger charge is 2.10. The number of aryl methyl sites for hydroxylation is 2. The van der Waals surface area contributed by atoms with Crippen molar-refractivity contribution in [3.63, 3.8) is 0 Å². The fraction of sp³-hybridized carbons (Fsp3) is 0.182. The Morgan fingerprint density at radius 3 is 2.71 bits per heavy atom. The summed E-state index contributed by atoms with van der Waals surface area (Å²) in [6.45, 7) is 7.14. The van der Waals surface area contributed by atoms with E-state index in [1.165, 1.54) is 10.8 Å². The van der Waals surface area contributed by atoms with Crippen LogP contribution in [0.3, 0.4) is 0 Å². The van der Waals surface area contributed by atoms with Gasteiger partial charge in [0.2, 0.25) is 0 Å². The molecule has 1 aromatic heterocycles. The fourth-order valence-corrected chi connectivity index (χ4v) is 1.36. The summed E-state index contributed by atoms with van der Waals surface area (Å²) in [4.78, 5) is 14.7. The van der Waals surface area contributed by atoms with Gasteiger partial charge in [0.25, 0.3) is 0 Å². The Morgan fingerprint density at radius 1 is 1.65 bits per heavy atom. The molecule has 0 bridgehead atoms. The van der Waals surface area contributed by atoms with Gasteiger partial charge >= 0.3 is 0 Å². The number of halogens is 1. The molecule has 0 unspecified atom stereocenters. The van der Waals surface area contributed by atoms with Gasteiger partial charge in [-0.15, -0.1) is 0 Å². The van der Waals surface area contributed by atoms with Crippen LogP contribution in [0.25, 0.3) is 5.82 Å². The minimum absolute atomic E-state index is 0.0452. The van der Waals surface area contributed by atoms with Gasteiger partial charge in [-0.3, -0.25) is 4.79 Å². The van der Waals surface area contributed by atoms with Crippen LogP contribution in [0, 0.1) is 13.8 Å². The van der Waals surface area contributed by atoms with E-state index in [1.807, 2.05) is 19.9 Å². The van der Waals surface area contributed by atoms with Gasteiger partial charge in [0.15, 0.2) is 12.1 Å². The van der Waals surface area contributed by atoms with Gasteiger partial charge in [0.05, 0.1) is 5.69 Å². The van der Waals surface area contributed by atoms with Crippen molar-refractivity contribution < 1.29 is 4.79 Å². The van der Waals surface area contributed by atoms with E-state index in [2.05, 4.69) is 16.7 Å². The first kappa shape index (κ1) is 13.2. The second-order valence-corrected chi connectivity index (χ2v) is 3.76. The highest BCUT2D eigenvalue weighted by Crippen LogP contribution is 2.14. The summed E-state index contributed by atoms with van der Waals surface area (Å²) in [5.41, 5.74) is 7.14. The van der Waals surface area contributed by atoms with Gasteiger partial charge in [-0.1, -0.05) is 18.2 Å². The maximum atomic E-state index is 10.7. The first-order valence-electron chi connectivity index (χ1n) is 4.84. The number of nitrogens with zero attached hydrogens (tertiary/aromatic N) is 3. The van der Waals surface area contributed by atoms with Crippen molar-refractivity contribution in [3.05, 3.63) is 35.8 Å². The highest BCUT2D eigenvalue weighted by molar-refractivity contribution is 6.68. The molecule has 0 saturated carbocycles. The van der Waals surface area contributed by atoms with Crippen LogP contribution in [-0.4, -0.2) is 21.2 Å². The Hall–Kier alpha value is -1.88. The lowest BCUT2D eigenvalue weighted by molar-refractivity contribution is -0.104. The third kappa shape index (κ3) is 3.04. The second kappa shape index (κ2) is 5.45. The van der Waals surface area contributed by atoms with Crippen LogP contribution in [0.4, 0.5) is 0 Å². The zero-order chi connectivity index (χ0) is 13.0. The van der Waals surface area contributed by atoms with Crippen molar-refractivity contribution in [3.8, 4) is 0 Å². The molecule has 1 heterocycles. The molecule has 17 heavy (non-hydrogen) atoms. The predicted octanol–water partition coefficient (Wildman–Crippen LogP) is 1.61. The summed E-state index contributed by atoms with van der Waals surface area (Å²) in [6.07, 6.45) is 1.86. The van der Waals surface area contributed by atoms with Gasteiger partial charge in [0, 0.05) is 5.69 Å². The zero-order valence-electron chi connectivity index (χ0n) is 9.64. The molecule has 0 aromatic carbocycles. The number of hydrogen-bond acceptors (Lipinski definition) is 4. The number of aldehydes is 1. The maximum Gasteiger partial charge on any atom is 0.181 e. The molecule has 0 fully saturated rings. The van der Waals surface area contributed by atoms with Crippen LogP contribution in [-0.2, 0) is 4.79 Å². The quantitative estimate of drug-likeness (QED) is 0.503. The number of aliphatic imine (C=N–C) groups is 1. The Bertz CT molecular complexity index is 514. The van der Waals surface area contributed by atoms with Gasteiger partial charge in [-0.2, -0.15) is 5.10 Å². The van der Waals surface area contributed by atoms with Crippen molar-refractivity contribution in [1.82, 2.24) is 9.78 Å². The summed E-state index contributed by atoms with van der Waals surface area (Å²) in [5, 5.41) is 4.32. The number of nitrogens with two attached hydrogens (primary N) is 1. The van der Waals surface area contributed by atoms with Crippen LogP contribution in [0.15, 0.2) is 29.4 Å². The van der Waals surface area contributed by atoms with Gasteiger partial charge in [0.1, 0.15) is 10.9 Å². The van der Waals surface area contributed by atoms with Crippen LogP contribution in [0.1, 0.15) is 11.4 Å². The van der Waals surface area contributed by atoms with Crippen molar-refractivity contribution in [2.75, 3.05) is 0 Å². The molecule has 6 heteroatoms. The summed E-state index contributed by atoms with van der Waals surface area (Å²) < 4.78 is 1.46. The smallest absolute Gasteiger partial charge is 0.181 e. The topological polar surface area (TPSA) is 73.3 Å². The van der Waals surface area contributed by atoms with E-state index < -0.39 is 0 Å². The van der Waals surface area contributed by atoms with Crippen LogP contribution >= 0.6 is 11.6 Å². The van der Waals surface area contributed by atoms with E-state index in [0.29, 0.717) is 6.29 Å². The largest absolute Gasteiger partial charge is 0.393 e. The van der Waals surface area contributed by atoms with Gasteiger partial charge in [-0.25, -0.2) is 9.67 Å². The average Bonchev–Trinajstić information content (AvgIpc) is 2.63. The Morgan fingerprint density at radius 2 is 2.29 bits per heavy atom. The van der Waals surface area contributed by atoms with Crippen molar-refractivity contribution >= 4 is 28.9 Å². The van der Waals surface area contributed by atoms with Crippen molar-refractivity contribution in [2.24, 2.45) is 10.7 Å². The molecule has 2 N–H and O–H groups in total. The van der Waals surface area contributed by atoms with Gasteiger partial charge in [-0.05, 0) is 26.0 Å². The lowest BCUT2D eigenvalue weighted by Crippen LogP contribution is -2.10. The maximum absolute atomic E-state index is 10.7. The number of rotatable bonds is 4. The molecule has 90 valence electrons. The number of hydrogen-bond donors (Lipinski definition) is 1. The first-order chi connectivity index (χ1) is 7.99. The van der Waals surface area contributed by atoms with Crippen LogP contribution < -0.4 is 5.73 Å². The SMILES string of the molecule is C=CC(Cl)=N/C(=C(\N)C=O)n1nc(C)cc1C. The molecule has 0 saturated heterocycles. The van der Waals surface area contributed by atoms with Crippen LogP contribution in [0.5, 0.6) is 0 Å². The minimum Gasteiger partial charge on any atom is -0.393 e. The van der Waals surface area contributed by atoms with Crippen molar-refractivity contribution in [2.45, 2.75) is 13.8 Å². The number of carbonyl (C=O) groups excluding carboxylic acids is 1. The van der Waals surface area contributed by atoms with Crippen LogP contribution in [0.2, 0.25) is 0 Å². The minimum atomic E-state index is -0.0452. The second-order valence-electron chi connectivity index (χ2n) is 3.37. The lowest BCUT2D eigenvalue weighted by atomic mass is 10.4. The summed E-state index contributed by atoms with van der Waals surface area (Å²) in [7, 11) is 0. The molecule has 0 aliphatic rings. The predicted molar refractivity (Wildman–Crippen MR) is 68.7 cm³/mol. The molecule has 0 aliphatic carbocycles. The standard InChI is InChI=1S/C11H13ClN4O/c1-4-10(12)14-11(9(13)6-17)16-8(3)5-7(2)15-16/h4-6H,1,13H2,2-3H3/b11-9+,14-10?. The van der Waals surface area contributed by atoms with E-state index >= 15 is 0 Å². The highest BCUT2D eigenvalue weighted by atomic mass is 35.5. The van der Waals surface area contributed by atoms with E-state index in [9.17, 15) is 4.79 Å². The molecule has 0 spiro atoms. The monoisotopic (exact) mass is 252 g/mol. The third-order valence-electron chi connectivity index (χ3n) is 1.98. The molecule has 1 aromatic rings. The fourth-order valence-electron chi connectivity index (χ4n) is 1.28. The molecule has 1 rings (SSSR count). The molecule has 0 atom stereocenters. The normalized spacial score (nSPS) is 13.2. The molecule has 0 amide bonds. The molecule has 0 radical (unpaired) electrons. The molecule has 0 aliphatic heterocycles. The van der Waals surface area contributed by atoms with E-state index in [0.717, 1.165) is 11.4 Å². The summed E-state index contributed by atoms with van der Waals surface area (Å²) >= 11 is 5.76. The lowest BCUT2D eigenvalue weighted by Gasteiger charge is -2.06. The van der Waals surface area contributed by atoms with E-state index in [4.69, 9.17) is 17.3 Å². The Labute approximate surface area is 104 Å². The Kier molecular flexibility index (Phi) is 4.23. The van der Waals surface area contributed by atoms with E-state index in [-0.39, 0.29) is 16.7 Å². The molecular formula is C11H13ClN4O. The van der Waals surface area contributed by atoms with Gasteiger partial charge < -0.3 is 5.73 Å².